The molecule has 31 heavy (non-hydrogen) atoms. The number of aromatic nitrogens is 4. The van der Waals surface area contributed by atoms with Crippen LogP contribution < -0.4 is 10.1 Å². The van der Waals surface area contributed by atoms with E-state index in [4.69, 9.17) is 4.74 Å². The molecule has 0 spiro atoms. The summed E-state index contributed by atoms with van der Waals surface area (Å²) in [5, 5.41) is 8.27. The van der Waals surface area contributed by atoms with Crippen LogP contribution >= 0.6 is 0 Å². The molecule has 1 saturated heterocycles. The summed E-state index contributed by atoms with van der Waals surface area (Å²) >= 11 is 0. The van der Waals surface area contributed by atoms with Crippen molar-refractivity contribution in [1.82, 2.24) is 24.5 Å². The second-order valence-corrected chi connectivity index (χ2v) is 7.86. The molecule has 1 aromatic carbocycles. The van der Waals surface area contributed by atoms with Crippen molar-refractivity contribution in [3.05, 3.63) is 48.8 Å². The van der Waals surface area contributed by atoms with Gasteiger partial charge in [0.15, 0.2) is 0 Å². The second kappa shape index (κ2) is 7.42. The Kier molecular flexibility index (Phi) is 4.70. The molecule has 160 valence electrons. The van der Waals surface area contributed by atoms with Gasteiger partial charge in [0.25, 0.3) is 5.92 Å². The number of ether oxygens (including phenoxy) is 1. The predicted octanol–water partition coefficient (Wildman–Crippen LogP) is 3.70. The number of hydrogen-bond donors (Lipinski definition) is 1. The molecular formula is C22H22F2N6O. The summed E-state index contributed by atoms with van der Waals surface area (Å²) in [7, 11) is 3.21. The first-order valence-corrected chi connectivity index (χ1v) is 10.1. The van der Waals surface area contributed by atoms with Crippen molar-refractivity contribution in [2.75, 3.05) is 32.6 Å². The van der Waals surface area contributed by atoms with E-state index in [1.54, 1.807) is 28.9 Å². The fraction of sp³-hybridized carbons (Fsp3) is 0.318. The number of likely N-dealkylation sites (tertiary alicyclic amines) is 1. The van der Waals surface area contributed by atoms with Gasteiger partial charge >= 0.3 is 0 Å². The molecule has 3 aromatic heterocycles. The van der Waals surface area contributed by atoms with Crippen molar-refractivity contribution < 1.29 is 13.5 Å². The number of rotatable bonds is 4. The molecule has 0 radical (unpaired) electrons. The summed E-state index contributed by atoms with van der Waals surface area (Å²) in [5.41, 5.74) is 3.43. The van der Waals surface area contributed by atoms with E-state index >= 15 is 0 Å². The Hall–Kier alpha value is -3.33. The molecule has 0 aliphatic carbocycles. The molecule has 4 aromatic rings. The molecule has 1 atom stereocenters. The first kappa shape index (κ1) is 19.6. The van der Waals surface area contributed by atoms with E-state index in [9.17, 15) is 8.78 Å². The Labute approximate surface area is 177 Å². The van der Waals surface area contributed by atoms with E-state index in [0.717, 1.165) is 22.0 Å². The van der Waals surface area contributed by atoms with Gasteiger partial charge in [-0.1, -0.05) is 12.1 Å². The lowest BCUT2D eigenvalue weighted by Crippen LogP contribution is -2.53. The maximum Gasteiger partial charge on any atom is 0.280 e. The highest BCUT2D eigenvalue weighted by atomic mass is 19.3. The summed E-state index contributed by atoms with van der Waals surface area (Å²) < 4.78 is 36.0. The van der Waals surface area contributed by atoms with Gasteiger partial charge in [-0.2, -0.15) is 4.98 Å². The number of nitrogens with zero attached hydrogens (tertiary/aromatic N) is 5. The van der Waals surface area contributed by atoms with Crippen LogP contribution in [0.5, 0.6) is 5.88 Å². The monoisotopic (exact) mass is 424 g/mol. The van der Waals surface area contributed by atoms with E-state index in [1.807, 2.05) is 36.4 Å². The number of fused-ring (bicyclic) bond motifs is 2. The van der Waals surface area contributed by atoms with E-state index in [2.05, 4.69) is 20.4 Å². The van der Waals surface area contributed by atoms with Crippen LogP contribution in [-0.4, -0.2) is 63.7 Å². The molecule has 0 bridgehead atoms. The molecule has 1 fully saturated rings. The topological polar surface area (TPSA) is 67.6 Å². The largest absolute Gasteiger partial charge is 0.479 e. The predicted molar refractivity (Wildman–Crippen MR) is 115 cm³/mol. The van der Waals surface area contributed by atoms with Crippen LogP contribution in [-0.2, 0) is 0 Å². The molecule has 1 unspecified atom stereocenters. The van der Waals surface area contributed by atoms with Crippen molar-refractivity contribution >= 4 is 22.4 Å². The molecule has 7 nitrogen and oxygen atoms in total. The van der Waals surface area contributed by atoms with E-state index in [1.165, 1.54) is 7.11 Å². The minimum absolute atomic E-state index is 0.114. The summed E-state index contributed by atoms with van der Waals surface area (Å²) in [5.74, 6) is -2.44. The first-order valence-electron chi connectivity index (χ1n) is 10.1. The third kappa shape index (κ3) is 3.54. The average Bonchev–Trinajstić information content (AvgIpc) is 3.18. The molecule has 9 heteroatoms. The molecule has 0 saturated carbocycles. The summed E-state index contributed by atoms with van der Waals surface area (Å²) in [6.07, 6.45) is 3.84. The maximum absolute atomic E-state index is 14.5. The highest BCUT2D eigenvalue weighted by molar-refractivity contribution is 5.90. The van der Waals surface area contributed by atoms with Crippen molar-refractivity contribution in [3.63, 3.8) is 0 Å². The Bertz CT molecular complexity index is 1260. The third-order valence-corrected chi connectivity index (χ3v) is 5.68. The molecule has 1 N–H and O–H groups in total. The van der Waals surface area contributed by atoms with Crippen molar-refractivity contribution in [2.24, 2.45) is 0 Å². The lowest BCUT2D eigenvalue weighted by Gasteiger charge is -2.36. The quantitative estimate of drug-likeness (QED) is 0.539. The van der Waals surface area contributed by atoms with Gasteiger partial charge in [-0.05, 0) is 43.3 Å². The Morgan fingerprint density at radius 3 is 2.90 bits per heavy atom. The van der Waals surface area contributed by atoms with Crippen LogP contribution in [0.1, 0.15) is 6.42 Å². The van der Waals surface area contributed by atoms with E-state index < -0.39 is 12.0 Å². The van der Waals surface area contributed by atoms with Crippen LogP contribution in [0.15, 0.2) is 48.8 Å². The fourth-order valence-corrected chi connectivity index (χ4v) is 4.12. The van der Waals surface area contributed by atoms with Gasteiger partial charge in [-0.3, -0.25) is 4.98 Å². The van der Waals surface area contributed by atoms with Gasteiger partial charge < -0.3 is 15.0 Å². The van der Waals surface area contributed by atoms with Crippen LogP contribution in [0.25, 0.3) is 27.5 Å². The zero-order chi connectivity index (χ0) is 21.6. The molecule has 0 amide bonds. The van der Waals surface area contributed by atoms with Gasteiger partial charge in [0.1, 0.15) is 5.52 Å². The van der Waals surface area contributed by atoms with Gasteiger partial charge in [0, 0.05) is 29.9 Å². The fourth-order valence-electron chi connectivity index (χ4n) is 4.12. The van der Waals surface area contributed by atoms with Gasteiger partial charge in [-0.15, -0.1) is 5.10 Å². The summed E-state index contributed by atoms with van der Waals surface area (Å²) in [6.45, 7) is 0.283. The summed E-state index contributed by atoms with van der Waals surface area (Å²) in [4.78, 5) is 10.4. The number of methoxy groups -OCH3 is 1. The number of pyridine rings is 1. The van der Waals surface area contributed by atoms with E-state index in [-0.39, 0.29) is 12.5 Å². The van der Waals surface area contributed by atoms with Crippen molar-refractivity contribution in [2.45, 2.75) is 18.4 Å². The Morgan fingerprint density at radius 1 is 1.23 bits per heavy atom. The van der Waals surface area contributed by atoms with Crippen molar-refractivity contribution in [3.8, 4) is 17.0 Å². The molecule has 5 rings (SSSR count). The highest BCUT2D eigenvalue weighted by Crippen LogP contribution is 2.34. The number of benzene rings is 1. The molecule has 1 aliphatic rings. The second-order valence-electron chi connectivity index (χ2n) is 7.86. The smallest absolute Gasteiger partial charge is 0.280 e. The third-order valence-electron chi connectivity index (χ3n) is 5.68. The number of piperidine rings is 1. The summed E-state index contributed by atoms with van der Waals surface area (Å²) in [6, 6.07) is 10.8. The van der Waals surface area contributed by atoms with Crippen LogP contribution in [0, 0.1) is 0 Å². The molecule has 1 aliphatic heterocycles. The minimum atomic E-state index is -2.88. The van der Waals surface area contributed by atoms with Gasteiger partial charge in [-0.25, -0.2) is 13.3 Å². The zero-order valence-electron chi connectivity index (χ0n) is 17.2. The SMILES string of the molecule is COc1nc(NC2CCN(C)CC2(F)F)nn2ccc(-c3ccc4ncccc4c3)c12. The van der Waals surface area contributed by atoms with E-state index in [0.29, 0.717) is 24.4 Å². The number of nitrogens with one attached hydrogen (secondary N) is 1. The Balaban J connectivity index is 1.53. The first-order chi connectivity index (χ1) is 14.9. The van der Waals surface area contributed by atoms with Gasteiger partial charge in [0.2, 0.25) is 11.8 Å². The Morgan fingerprint density at radius 2 is 2.10 bits per heavy atom. The van der Waals surface area contributed by atoms with Crippen molar-refractivity contribution in [1.29, 1.82) is 0 Å². The van der Waals surface area contributed by atoms with Crippen LogP contribution in [0.4, 0.5) is 14.7 Å². The standard InChI is InChI=1S/C22H22F2N6O/c1-29-10-8-18(22(23,24)13-29)26-21-27-20(31-2)19-16(7-11-30(19)28-21)14-5-6-17-15(12-14)4-3-9-25-17/h3-7,9,11-12,18H,8,10,13H2,1-2H3,(H,26,28). The lowest BCUT2D eigenvalue weighted by atomic mass is 10.0. The number of hydrogen-bond acceptors (Lipinski definition) is 6. The highest BCUT2D eigenvalue weighted by Gasteiger charge is 2.44. The van der Waals surface area contributed by atoms with Crippen LogP contribution in [0.3, 0.4) is 0 Å². The lowest BCUT2D eigenvalue weighted by molar-refractivity contribution is -0.0675. The number of halogens is 2. The van der Waals surface area contributed by atoms with Crippen LogP contribution in [0.2, 0.25) is 0 Å². The van der Waals surface area contributed by atoms with Gasteiger partial charge in [0.05, 0.1) is 25.2 Å². The minimum Gasteiger partial charge on any atom is -0.479 e. The molecule has 4 heterocycles. The number of alkyl halides is 2. The molecular weight excluding hydrogens is 402 g/mol. The number of anilines is 1. The average molecular weight is 424 g/mol. The normalized spacial score (nSPS) is 19.0. The maximum atomic E-state index is 14.5. The zero-order valence-corrected chi connectivity index (χ0v) is 17.2.